The monoisotopic (exact) mass is 358 g/mol. The van der Waals surface area contributed by atoms with E-state index in [1.165, 1.54) is 0 Å². The third kappa shape index (κ3) is 3.65. The van der Waals surface area contributed by atoms with Gasteiger partial charge < -0.3 is 5.32 Å². The summed E-state index contributed by atoms with van der Waals surface area (Å²) in [4.78, 5) is 12.3. The highest BCUT2D eigenvalue weighted by molar-refractivity contribution is 9.10. The molecular weight excluding hydrogens is 351 g/mol. The summed E-state index contributed by atoms with van der Waals surface area (Å²) in [7, 11) is 1.73. The second kappa shape index (κ2) is 6.32. The molecule has 0 aliphatic carbocycles. The first-order valence-corrected chi connectivity index (χ1v) is 6.85. The van der Waals surface area contributed by atoms with Gasteiger partial charge in [0.15, 0.2) is 0 Å². The molecule has 0 radical (unpaired) electrons. The van der Waals surface area contributed by atoms with Gasteiger partial charge in [-0.1, -0.05) is 27.5 Å². The molecule has 4 nitrogen and oxygen atoms in total. The molecule has 1 aromatic carbocycles. The average Bonchev–Trinajstić information content (AvgIpc) is 2.39. The number of anilines is 1. The highest BCUT2D eigenvalue weighted by atomic mass is 79.9. The Balaban J connectivity index is 2.35. The van der Waals surface area contributed by atoms with E-state index in [1.54, 1.807) is 13.3 Å². The second-order valence-corrected chi connectivity index (χ2v) is 5.14. The minimum atomic E-state index is 0.0927. The van der Waals surface area contributed by atoms with E-state index in [0.29, 0.717) is 11.4 Å². The Kier molecular flexibility index (Phi) is 4.74. The summed E-state index contributed by atoms with van der Waals surface area (Å²) >= 11 is 15.1. The first-order valence-electron chi connectivity index (χ1n) is 5.30. The van der Waals surface area contributed by atoms with Crippen LogP contribution in [-0.4, -0.2) is 23.2 Å². The molecule has 1 N–H and O–H groups in total. The smallest absolute Gasteiger partial charge is 0.225 e. The Hall–Kier alpha value is -1.17. The SMILES string of the molecule is CNc1nc(Cl)nc(Cl)c1C=Nc1ccc(Br)cc1. The number of hydrogen-bond acceptors (Lipinski definition) is 4. The standard InChI is InChI=1S/C12H9BrCl2N4/c1-16-11-9(10(14)18-12(15)19-11)6-17-8-4-2-7(13)3-5-8/h2-6H,1H3,(H,16,18,19). The highest BCUT2D eigenvalue weighted by Gasteiger charge is 2.09. The number of nitrogens with zero attached hydrogens (tertiary/aromatic N) is 3. The highest BCUT2D eigenvalue weighted by Crippen LogP contribution is 2.22. The number of aliphatic imine (C=N–C) groups is 1. The van der Waals surface area contributed by atoms with E-state index in [9.17, 15) is 0 Å². The van der Waals surface area contributed by atoms with Crippen LogP contribution in [0.3, 0.4) is 0 Å². The maximum atomic E-state index is 6.03. The molecule has 0 bridgehead atoms. The van der Waals surface area contributed by atoms with Gasteiger partial charge in [0.25, 0.3) is 0 Å². The number of aromatic nitrogens is 2. The van der Waals surface area contributed by atoms with Crippen LogP contribution in [0.25, 0.3) is 0 Å². The molecule has 2 aromatic rings. The van der Waals surface area contributed by atoms with E-state index in [2.05, 4.69) is 36.2 Å². The lowest BCUT2D eigenvalue weighted by molar-refractivity contribution is 1.15. The van der Waals surface area contributed by atoms with Gasteiger partial charge in [0.05, 0.1) is 11.3 Å². The Labute approximate surface area is 129 Å². The summed E-state index contributed by atoms with van der Waals surface area (Å²) in [5.41, 5.74) is 1.40. The summed E-state index contributed by atoms with van der Waals surface area (Å²) in [6, 6.07) is 7.58. The minimum absolute atomic E-state index is 0.0927. The summed E-state index contributed by atoms with van der Waals surface area (Å²) in [5.74, 6) is 0.533. The van der Waals surface area contributed by atoms with Crippen molar-refractivity contribution in [3.8, 4) is 0 Å². The first-order chi connectivity index (χ1) is 9.10. The van der Waals surface area contributed by atoms with E-state index >= 15 is 0 Å². The normalized spacial score (nSPS) is 10.9. The maximum Gasteiger partial charge on any atom is 0.225 e. The Bertz CT molecular complexity index is 614. The van der Waals surface area contributed by atoms with Crippen LogP contribution in [0.15, 0.2) is 33.7 Å². The topological polar surface area (TPSA) is 50.2 Å². The zero-order chi connectivity index (χ0) is 13.8. The zero-order valence-corrected chi connectivity index (χ0v) is 13.0. The lowest BCUT2D eigenvalue weighted by atomic mass is 10.3. The van der Waals surface area contributed by atoms with Gasteiger partial charge >= 0.3 is 0 Å². The lowest BCUT2D eigenvalue weighted by Gasteiger charge is -2.05. The predicted molar refractivity (Wildman–Crippen MR) is 83.0 cm³/mol. The van der Waals surface area contributed by atoms with Crippen molar-refractivity contribution >= 4 is 56.9 Å². The minimum Gasteiger partial charge on any atom is -0.372 e. The van der Waals surface area contributed by atoms with Gasteiger partial charge in [-0.2, -0.15) is 0 Å². The Morgan fingerprint density at radius 2 is 1.89 bits per heavy atom. The number of halogens is 3. The number of hydrogen-bond donors (Lipinski definition) is 1. The molecule has 0 amide bonds. The fourth-order valence-electron chi connectivity index (χ4n) is 1.39. The van der Waals surface area contributed by atoms with Gasteiger partial charge in [-0.25, -0.2) is 9.97 Å². The van der Waals surface area contributed by atoms with Crippen molar-refractivity contribution in [1.29, 1.82) is 0 Å². The largest absolute Gasteiger partial charge is 0.372 e. The summed E-state index contributed by atoms with van der Waals surface area (Å²) in [6.45, 7) is 0. The number of rotatable bonds is 3. The Morgan fingerprint density at radius 1 is 1.21 bits per heavy atom. The maximum absolute atomic E-state index is 6.03. The molecule has 0 spiro atoms. The van der Waals surface area contributed by atoms with Crippen LogP contribution in [0, 0.1) is 0 Å². The van der Waals surface area contributed by atoms with Crippen molar-refractivity contribution in [1.82, 2.24) is 9.97 Å². The van der Waals surface area contributed by atoms with Crippen molar-refractivity contribution in [2.24, 2.45) is 4.99 Å². The molecule has 1 heterocycles. The Morgan fingerprint density at radius 3 is 2.53 bits per heavy atom. The molecule has 7 heteroatoms. The van der Waals surface area contributed by atoms with E-state index in [1.807, 2.05) is 24.3 Å². The van der Waals surface area contributed by atoms with Crippen LogP contribution in [0.1, 0.15) is 5.56 Å². The van der Waals surface area contributed by atoms with Crippen LogP contribution in [0.4, 0.5) is 11.5 Å². The summed E-state index contributed by atoms with van der Waals surface area (Å²) < 4.78 is 0.996. The van der Waals surface area contributed by atoms with Crippen molar-refractivity contribution in [3.05, 3.63) is 44.7 Å². The lowest BCUT2D eigenvalue weighted by Crippen LogP contribution is -2.01. The molecule has 19 heavy (non-hydrogen) atoms. The van der Waals surface area contributed by atoms with E-state index in [-0.39, 0.29) is 10.4 Å². The van der Waals surface area contributed by atoms with Gasteiger partial charge in [0.1, 0.15) is 11.0 Å². The molecule has 0 saturated carbocycles. The van der Waals surface area contributed by atoms with Gasteiger partial charge in [0.2, 0.25) is 5.28 Å². The van der Waals surface area contributed by atoms with Crippen LogP contribution >= 0.6 is 39.1 Å². The van der Waals surface area contributed by atoms with Crippen molar-refractivity contribution in [2.75, 3.05) is 12.4 Å². The van der Waals surface area contributed by atoms with Gasteiger partial charge in [-0.05, 0) is 35.9 Å². The van der Waals surface area contributed by atoms with E-state index in [0.717, 1.165) is 10.2 Å². The molecule has 0 unspecified atom stereocenters. The fraction of sp³-hybridized carbons (Fsp3) is 0.0833. The molecule has 98 valence electrons. The predicted octanol–water partition coefficient (Wildman–Crippen LogP) is 4.34. The first kappa shape index (κ1) is 14.2. The average molecular weight is 360 g/mol. The third-order valence-corrected chi connectivity index (χ3v) is 3.26. The number of nitrogens with one attached hydrogen (secondary N) is 1. The molecule has 0 fully saturated rings. The van der Waals surface area contributed by atoms with Crippen LogP contribution in [-0.2, 0) is 0 Å². The van der Waals surface area contributed by atoms with Gasteiger partial charge in [-0.15, -0.1) is 0 Å². The van der Waals surface area contributed by atoms with Gasteiger partial charge in [0, 0.05) is 17.7 Å². The van der Waals surface area contributed by atoms with E-state index in [4.69, 9.17) is 23.2 Å². The van der Waals surface area contributed by atoms with E-state index < -0.39 is 0 Å². The number of benzene rings is 1. The molecule has 0 aliphatic heterocycles. The summed E-state index contributed by atoms with van der Waals surface area (Å²) in [6.07, 6.45) is 1.60. The molecule has 0 atom stereocenters. The quantitative estimate of drug-likeness (QED) is 0.503. The van der Waals surface area contributed by atoms with Crippen LogP contribution in [0.5, 0.6) is 0 Å². The fourth-order valence-corrected chi connectivity index (χ4v) is 2.08. The molecule has 0 aliphatic rings. The summed E-state index contributed by atoms with van der Waals surface area (Å²) in [5, 5.41) is 3.25. The van der Waals surface area contributed by atoms with Crippen molar-refractivity contribution in [2.45, 2.75) is 0 Å². The molecule has 1 aromatic heterocycles. The van der Waals surface area contributed by atoms with Crippen molar-refractivity contribution < 1.29 is 0 Å². The zero-order valence-electron chi connectivity index (χ0n) is 9.86. The van der Waals surface area contributed by atoms with Crippen LogP contribution < -0.4 is 5.32 Å². The van der Waals surface area contributed by atoms with Gasteiger partial charge in [-0.3, -0.25) is 4.99 Å². The molecular formula is C12H9BrCl2N4. The second-order valence-electron chi connectivity index (χ2n) is 3.53. The molecule has 0 saturated heterocycles. The van der Waals surface area contributed by atoms with Crippen molar-refractivity contribution in [3.63, 3.8) is 0 Å². The van der Waals surface area contributed by atoms with Crippen LogP contribution in [0.2, 0.25) is 10.4 Å². The molecule has 2 rings (SSSR count). The third-order valence-electron chi connectivity index (χ3n) is 2.28.